The van der Waals surface area contributed by atoms with Gasteiger partial charge in [-0.05, 0) is 19.3 Å². The predicted octanol–water partition coefficient (Wildman–Crippen LogP) is 1.56. The summed E-state index contributed by atoms with van der Waals surface area (Å²) in [6.07, 6.45) is 8.78. The molecule has 0 radical (unpaired) electrons. The predicted molar refractivity (Wildman–Crippen MR) is 92.3 cm³/mol. The van der Waals surface area contributed by atoms with E-state index >= 15 is 0 Å². The Morgan fingerprint density at radius 2 is 1.88 bits per heavy atom. The summed E-state index contributed by atoms with van der Waals surface area (Å²) in [4.78, 5) is 29.1. The number of rotatable bonds is 8. The number of aromatic nitrogens is 4. The molecule has 2 atom stereocenters. The topological polar surface area (TPSA) is 74.3 Å². The average Bonchev–Trinajstić information content (AvgIpc) is 3.17. The molecule has 0 N–H and O–H groups in total. The van der Waals surface area contributed by atoms with Gasteiger partial charge < -0.3 is 9.30 Å². The lowest BCUT2D eigenvalue weighted by Gasteiger charge is -2.08. The van der Waals surface area contributed by atoms with Gasteiger partial charge in [0.2, 0.25) is 0 Å². The summed E-state index contributed by atoms with van der Waals surface area (Å²) in [6, 6.07) is 0. The molecule has 2 unspecified atom stereocenters. The van der Waals surface area contributed by atoms with Crippen molar-refractivity contribution in [3.05, 3.63) is 27.2 Å². The van der Waals surface area contributed by atoms with E-state index < -0.39 is 0 Å². The van der Waals surface area contributed by atoms with Crippen molar-refractivity contribution in [2.45, 2.75) is 64.2 Å². The highest BCUT2D eigenvalue weighted by Gasteiger charge is 2.36. The Morgan fingerprint density at radius 1 is 1.12 bits per heavy atom. The van der Waals surface area contributed by atoms with E-state index in [1.807, 2.05) is 0 Å². The normalized spacial score (nSPS) is 20.0. The molecule has 3 heterocycles. The Hall–Kier alpha value is -1.89. The van der Waals surface area contributed by atoms with Crippen LogP contribution in [0.5, 0.6) is 0 Å². The molecular formula is C17H26N4O3. The third kappa shape index (κ3) is 3.17. The molecule has 2 aromatic heterocycles. The molecule has 2 aromatic rings. The zero-order chi connectivity index (χ0) is 17.3. The average molecular weight is 334 g/mol. The van der Waals surface area contributed by atoms with Crippen LogP contribution in [0.1, 0.15) is 45.4 Å². The largest absolute Gasteiger partial charge is 0.370 e. The molecule has 1 aliphatic heterocycles. The van der Waals surface area contributed by atoms with Gasteiger partial charge in [-0.2, -0.15) is 0 Å². The van der Waals surface area contributed by atoms with Gasteiger partial charge in [0.15, 0.2) is 11.2 Å². The Balaban J connectivity index is 1.59. The van der Waals surface area contributed by atoms with Crippen LogP contribution in [0, 0.1) is 0 Å². The number of hydrogen-bond acceptors (Lipinski definition) is 4. The van der Waals surface area contributed by atoms with Crippen LogP contribution in [0.2, 0.25) is 0 Å². The molecule has 0 aliphatic carbocycles. The van der Waals surface area contributed by atoms with E-state index in [1.54, 1.807) is 25.0 Å². The lowest BCUT2D eigenvalue weighted by Crippen LogP contribution is -2.39. The maximum Gasteiger partial charge on any atom is 0.332 e. The molecular weight excluding hydrogens is 308 g/mol. The fourth-order valence-corrected chi connectivity index (χ4v) is 3.36. The summed E-state index contributed by atoms with van der Waals surface area (Å²) >= 11 is 0. The van der Waals surface area contributed by atoms with Crippen molar-refractivity contribution in [1.29, 1.82) is 0 Å². The number of imidazole rings is 1. The standard InChI is InChI=1S/C17H26N4O3/c1-4-8-12-13(24-12)9-6-5-7-10-21-16(22)14-15(18-11-19(14)2)20(3)17(21)23/h11-13H,4-10H2,1-3H3. The molecule has 1 saturated heterocycles. The van der Waals surface area contributed by atoms with Crippen LogP contribution >= 0.6 is 0 Å². The minimum Gasteiger partial charge on any atom is -0.370 e. The van der Waals surface area contributed by atoms with E-state index in [9.17, 15) is 9.59 Å². The summed E-state index contributed by atoms with van der Waals surface area (Å²) in [6.45, 7) is 2.63. The molecule has 24 heavy (non-hydrogen) atoms. The first-order valence-corrected chi connectivity index (χ1v) is 8.81. The van der Waals surface area contributed by atoms with Gasteiger partial charge in [0.25, 0.3) is 5.56 Å². The van der Waals surface area contributed by atoms with Crippen molar-refractivity contribution >= 4 is 11.2 Å². The van der Waals surface area contributed by atoms with Crippen LogP contribution in [-0.4, -0.2) is 30.9 Å². The van der Waals surface area contributed by atoms with Crippen LogP contribution in [0.15, 0.2) is 15.9 Å². The van der Waals surface area contributed by atoms with Crippen molar-refractivity contribution in [2.24, 2.45) is 14.1 Å². The number of fused-ring (bicyclic) bond motifs is 1. The molecule has 1 aliphatic rings. The monoisotopic (exact) mass is 334 g/mol. The first kappa shape index (κ1) is 17.0. The first-order valence-electron chi connectivity index (χ1n) is 8.81. The number of unbranched alkanes of at least 4 members (excludes halogenated alkanes) is 2. The van der Waals surface area contributed by atoms with Gasteiger partial charge in [-0.25, -0.2) is 9.78 Å². The number of aryl methyl sites for hydroxylation is 2. The molecule has 0 saturated carbocycles. The van der Waals surface area contributed by atoms with Crippen LogP contribution in [-0.2, 0) is 25.4 Å². The number of nitrogens with zero attached hydrogens (tertiary/aromatic N) is 4. The maximum atomic E-state index is 12.5. The van der Waals surface area contributed by atoms with E-state index in [2.05, 4.69) is 11.9 Å². The summed E-state index contributed by atoms with van der Waals surface area (Å²) in [5.41, 5.74) is 0.379. The van der Waals surface area contributed by atoms with E-state index in [4.69, 9.17) is 4.74 Å². The summed E-state index contributed by atoms with van der Waals surface area (Å²) in [5, 5.41) is 0. The second-order valence-electron chi connectivity index (χ2n) is 6.68. The Labute approximate surface area is 140 Å². The van der Waals surface area contributed by atoms with Gasteiger partial charge in [0.05, 0.1) is 18.5 Å². The Bertz CT molecular complexity index is 833. The van der Waals surface area contributed by atoms with Crippen molar-refractivity contribution in [1.82, 2.24) is 18.7 Å². The molecule has 132 valence electrons. The molecule has 3 rings (SSSR count). The SMILES string of the molecule is CCCC1OC1CCCCCn1c(=O)c2c(ncn2C)n(C)c1=O. The van der Waals surface area contributed by atoms with Gasteiger partial charge in [-0.3, -0.25) is 13.9 Å². The number of ether oxygens (including phenoxy) is 1. The van der Waals surface area contributed by atoms with E-state index in [1.165, 1.54) is 15.6 Å². The molecule has 0 amide bonds. The molecule has 7 heteroatoms. The molecule has 7 nitrogen and oxygen atoms in total. The quantitative estimate of drug-likeness (QED) is 0.542. The Kier molecular flexibility index (Phi) is 4.89. The van der Waals surface area contributed by atoms with Crippen molar-refractivity contribution in [3.8, 4) is 0 Å². The van der Waals surface area contributed by atoms with Crippen LogP contribution in [0.25, 0.3) is 11.2 Å². The maximum absolute atomic E-state index is 12.5. The van der Waals surface area contributed by atoms with Gasteiger partial charge in [0, 0.05) is 20.6 Å². The lowest BCUT2D eigenvalue weighted by atomic mass is 10.1. The van der Waals surface area contributed by atoms with Gasteiger partial charge in [-0.15, -0.1) is 0 Å². The molecule has 1 fully saturated rings. The highest BCUT2D eigenvalue weighted by atomic mass is 16.6. The zero-order valence-electron chi connectivity index (χ0n) is 14.7. The van der Waals surface area contributed by atoms with Gasteiger partial charge in [0.1, 0.15) is 0 Å². The van der Waals surface area contributed by atoms with Crippen LogP contribution in [0.4, 0.5) is 0 Å². The minimum atomic E-state index is -0.292. The first-order chi connectivity index (χ1) is 11.5. The van der Waals surface area contributed by atoms with Gasteiger partial charge in [-0.1, -0.05) is 26.2 Å². The van der Waals surface area contributed by atoms with Crippen LogP contribution in [0.3, 0.4) is 0 Å². The van der Waals surface area contributed by atoms with Gasteiger partial charge >= 0.3 is 5.69 Å². The van der Waals surface area contributed by atoms with Crippen LogP contribution < -0.4 is 11.2 Å². The number of hydrogen-bond donors (Lipinski definition) is 0. The van der Waals surface area contributed by atoms with Crippen molar-refractivity contribution in [2.75, 3.05) is 0 Å². The second kappa shape index (κ2) is 6.93. The third-order valence-corrected chi connectivity index (χ3v) is 4.83. The highest BCUT2D eigenvalue weighted by Crippen LogP contribution is 2.30. The summed E-state index contributed by atoms with van der Waals surface area (Å²) < 4.78 is 10.1. The van der Waals surface area contributed by atoms with Crippen molar-refractivity contribution < 1.29 is 4.74 Å². The zero-order valence-corrected chi connectivity index (χ0v) is 14.7. The molecule has 0 bridgehead atoms. The number of epoxide rings is 1. The second-order valence-corrected chi connectivity index (χ2v) is 6.68. The fraction of sp³-hybridized carbons (Fsp3) is 0.706. The van der Waals surface area contributed by atoms with E-state index in [0.717, 1.165) is 32.1 Å². The minimum absolute atomic E-state index is 0.248. The lowest BCUT2D eigenvalue weighted by molar-refractivity contribution is 0.350. The Morgan fingerprint density at radius 3 is 2.62 bits per heavy atom. The molecule has 0 aromatic carbocycles. The summed E-state index contributed by atoms with van der Waals surface area (Å²) in [7, 11) is 3.43. The van der Waals surface area contributed by atoms with E-state index in [0.29, 0.717) is 29.9 Å². The fourth-order valence-electron chi connectivity index (χ4n) is 3.36. The van der Waals surface area contributed by atoms with E-state index in [-0.39, 0.29) is 11.2 Å². The smallest absolute Gasteiger partial charge is 0.332 e. The highest BCUT2D eigenvalue weighted by molar-refractivity contribution is 5.69. The van der Waals surface area contributed by atoms with Crippen molar-refractivity contribution in [3.63, 3.8) is 0 Å². The third-order valence-electron chi connectivity index (χ3n) is 4.83. The summed E-state index contributed by atoms with van der Waals surface area (Å²) in [5.74, 6) is 0. The molecule has 0 spiro atoms.